The summed E-state index contributed by atoms with van der Waals surface area (Å²) in [6, 6.07) is 11.2. The molecule has 1 aromatic heterocycles. The number of halogens is 4. The predicted molar refractivity (Wildman–Crippen MR) is 116 cm³/mol. The molecule has 0 spiro atoms. The molecule has 32 heavy (non-hydrogen) atoms. The van der Waals surface area contributed by atoms with E-state index < -0.39 is 11.7 Å². The highest BCUT2D eigenvalue weighted by Gasteiger charge is 2.32. The third-order valence-corrected chi connectivity index (χ3v) is 6.53. The first-order chi connectivity index (χ1) is 15.2. The summed E-state index contributed by atoms with van der Waals surface area (Å²) in [7, 11) is 0. The molecule has 3 nitrogen and oxygen atoms in total. The van der Waals surface area contributed by atoms with Crippen LogP contribution in [0.4, 0.5) is 23.2 Å². The lowest BCUT2D eigenvalue weighted by Crippen LogP contribution is -2.29. The van der Waals surface area contributed by atoms with Gasteiger partial charge in [-0.1, -0.05) is 13.0 Å². The number of pyridine rings is 1. The second-order valence-electron chi connectivity index (χ2n) is 8.53. The van der Waals surface area contributed by atoms with Gasteiger partial charge in [0.2, 0.25) is 5.91 Å². The fourth-order valence-corrected chi connectivity index (χ4v) is 4.67. The molecule has 3 aromatic rings. The first-order valence-electron chi connectivity index (χ1n) is 10.7. The number of carbonyl (C=O) groups is 1. The number of amides is 1. The molecule has 1 aliphatic rings. The number of aromatic nitrogens is 1. The number of nitrogens with zero attached hydrogens (tertiary/aromatic N) is 1. The summed E-state index contributed by atoms with van der Waals surface area (Å²) in [4.78, 5) is 17.0. The average molecular weight is 444 g/mol. The van der Waals surface area contributed by atoms with Crippen LogP contribution in [0.25, 0.3) is 10.9 Å². The molecule has 1 heterocycles. The molecule has 4 rings (SSSR count). The Kier molecular flexibility index (Phi) is 6.17. The Morgan fingerprint density at radius 2 is 1.81 bits per heavy atom. The molecule has 1 saturated carbocycles. The Bertz CT molecular complexity index is 1120. The van der Waals surface area contributed by atoms with E-state index in [1.54, 1.807) is 12.3 Å². The third kappa shape index (κ3) is 4.76. The molecule has 1 atom stereocenters. The number of alkyl halides is 3. The molecular formula is C25H24F4N2O. The Morgan fingerprint density at radius 3 is 2.53 bits per heavy atom. The van der Waals surface area contributed by atoms with Crippen molar-refractivity contribution >= 4 is 22.5 Å². The van der Waals surface area contributed by atoms with Gasteiger partial charge in [0, 0.05) is 23.2 Å². The maximum absolute atomic E-state index is 13.8. The fourth-order valence-electron chi connectivity index (χ4n) is 4.67. The number of hydrogen-bond donors (Lipinski definition) is 1. The van der Waals surface area contributed by atoms with Crippen LogP contribution in [-0.2, 0) is 11.0 Å². The summed E-state index contributed by atoms with van der Waals surface area (Å²) < 4.78 is 52.5. The molecule has 1 amide bonds. The van der Waals surface area contributed by atoms with Gasteiger partial charge in [0.05, 0.1) is 11.1 Å². The van der Waals surface area contributed by atoms with Gasteiger partial charge in [0.1, 0.15) is 5.82 Å². The van der Waals surface area contributed by atoms with Crippen molar-refractivity contribution in [3.8, 4) is 0 Å². The van der Waals surface area contributed by atoms with Crippen molar-refractivity contribution in [2.24, 2.45) is 11.8 Å². The molecule has 168 valence electrons. The molecule has 1 N–H and O–H groups in total. The quantitative estimate of drug-likeness (QED) is 0.443. The van der Waals surface area contributed by atoms with E-state index in [-0.39, 0.29) is 35.2 Å². The van der Waals surface area contributed by atoms with Crippen molar-refractivity contribution in [3.05, 3.63) is 71.7 Å². The minimum atomic E-state index is -4.45. The Labute approximate surface area is 183 Å². The molecule has 1 fully saturated rings. The van der Waals surface area contributed by atoms with Crippen LogP contribution >= 0.6 is 0 Å². The summed E-state index contributed by atoms with van der Waals surface area (Å²) >= 11 is 0. The largest absolute Gasteiger partial charge is 0.416 e. The second kappa shape index (κ2) is 8.88. The molecule has 0 saturated heterocycles. The molecule has 2 aromatic carbocycles. The lowest BCUT2D eigenvalue weighted by atomic mass is 9.73. The highest BCUT2D eigenvalue weighted by Crippen LogP contribution is 2.41. The minimum absolute atomic E-state index is 0.141. The standard InChI is InChI=1S/C25H24F4N2O/c1-15(24(32)31-20-4-2-3-18(13-20)25(27,28)29)16-5-7-17(8-6-16)21-11-12-30-23-10-9-19(26)14-22(21)23/h2-4,9-17H,5-8H2,1H3,(H,31,32)/t15-,16-,17+/m1/s1. The maximum Gasteiger partial charge on any atom is 0.416 e. The topological polar surface area (TPSA) is 42.0 Å². The van der Waals surface area contributed by atoms with Gasteiger partial charge in [-0.15, -0.1) is 0 Å². The zero-order valence-corrected chi connectivity index (χ0v) is 17.6. The van der Waals surface area contributed by atoms with Gasteiger partial charge in [-0.2, -0.15) is 13.2 Å². The first kappa shape index (κ1) is 22.2. The molecule has 0 aliphatic heterocycles. The van der Waals surface area contributed by atoms with Crippen molar-refractivity contribution in [1.29, 1.82) is 0 Å². The van der Waals surface area contributed by atoms with E-state index in [9.17, 15) is 22.4 Å². The Hall–Kier alpha value is -2.96. The van der Waals surface area contributed by atoms with Gasteiger partial charge in [0.15, 0.2) is 0 Å². The monoisotopic (exact) mass is 444 g/mol. The van der Waals surface area contributed by atoms with Gasteiger partial charge in [-0.3, -0.25) is 9.78 Å². The van der Waals surface area contributed by atoms with E-state index >= 15 is 0 Å². The maximum atomic E-state index is 13.8. The van der Waals surface area contributed by atoms with Crippen LogP contribution in [0, 0.1) is 17.7 Å². The van der Waals surface area contributed by atoms with Crippen LogP contribution in [0.5, 0.6) is 0 Å². The molecular weight excluding hydrogens is 420 g/mol. The fraction of sp³-hybridized carbons (Fsp3) is 0.360. The van der Waals surface area contributed by atoms with Crippen molar-refractivity contribution in [1.82, 2.24) is 4.98 Å². The number of benzene rings is 2. The normalized spacial score (nSPS) is 20.2. The lowest BCUT2D eigenvalue weighted by molar-refractivity contribution is -0.137. The molecule has 0 bridgehead atoms. The summed E-state index contributed by atoms with van der Waals surface area (Å²) in [6.07, 6.45) is 0.655. The van der Waals surface area contributed by atoms with E-state index in [1.807, 2.05) is 13.0 Å². The van der Waals surface area contributed by atoms with E-state index in [0.29, 0.717) is 0 Å². The number of nitrogens with one attached hydrogen (secondary N) is 1. The number of carbonyl (C=O) groups excluding carboxylic acids is 1. The lowest BCUT2D eigenvalue weighted by Gasteiger charge is -2.32. The van der Waals surface area contributed by atoms with Gasteiger partial charge in [0.25, 0.3) is 0 Å². The van der Waals surface area contributed by atoms with Crippen LogP contribution < -0.4 is 5.32 Å². The van der Waals surface area contributed by atoms with E-state index in [1.165, 1.54) is 24.3 Å². The first-order valence-corrected chi connectivity index (χ1v) is 10.7. The second-order valence-corrected chi connectivity index (χ2v) is 8.53. The minimum Gasteiger partial charge on any atom is -0.326 e. The van der Waals surface area contributed by atoms with Crippen LogP contribution in [0.1, 0.15) is 49.7 Å². The number of rotatable bonds is 4. The molecule has 0 unspecified atom stereocenters. The smallest absolute Gasteiger partial charge is 0.326 e. The SMILES string of the molecule is C[C@@H](C(=O)Nc1cccc(C(F)(F)F)c1)[C@H]1CC[C@@H](c2ccnc3ccc(F)cc32)CC1. The van der Waals surface area contributed by atoms with Crippen LogP contribution in [0.3, 0.4) is 0 Å². The number of anilines is 1. The van der Waals surface area contributed by atoms with Gasteiger partial charge in [-0.25, -0.2) is 4.39 Å². The van der Waals surface area contributed by atoms with E-state index in [4.69, 9.17) is 0 Å². The van der Waals surface area contributed by atoms with E-state index in [2.05, 4.69) is 10.3 Å². The van der Waals surface area contributed by atoms with Crippen molar-refractivity contribution in [2.75, 3.05) is 5.32 Å². The number of fused-ring (bicyclic) bond motifs is 1. The van der Waals surface area contributed by atoms with Crippen LogP contribution in [-0.4, -0.2) is 10.9 Å². The molecule has 7 heteroatoms. The third-order valence-electron chi connectivity index (χ3n) is 6.53. The summed E-state index contributed by atoms with van der Waals surface area (Å²) in [6.45, 7) is 1.82. The van der Waals surface area contributed by atoms with Crippen molar-refractivity contribution < 1.29 is 22.4 Å². The summed E-state index contributed by atoms with van der Waals surface area (Å²) in [5.41, 5.74) is 1.20. The molecule has 1 aliphatic carbocycles. The van der Waals surface area contributed by atoms with Crippen molar-refractivity contribution in [2.45, 2.75) is 44.7 Å². The zero-order chi connectivity index (χ0) is 22.9. The van der Waals surface area contributed by atoms with E-state index in [0.717, 1.165) is 54.3 Å². The average Bonchev–Trinajstić information content (AvgIpc) is 2.78. The zero-order valence-electron chi connectivity index (χ0n) is 17.6. The number of hydrogen-bond acceptors (Lipinski definition) is 2. The van der Waals surface area contributed by atoms with Crippen LogP contribution in [0.2, 0.25) is 0 Å². The Morgan fingerprint density at radius 1 is 1.06 bits per heavy atom. The van der Waals surface area contributed by atoms with Gasteiger partial charge in [-0.05, 0) is 85.5 Å². The van der Waals surface area contributed by atoms with Gasteiger partial charge >= 0.3 is 6.18 Å². The summed E-state index contributed by atoms with van der Waals surface area (Å²) in [5, 5.41) is 3.46. The highest BCUT2D eigenvalue weighted by atomic mass is 19.4. The predicted octanol–water partition coefficient (Wildman–Crippen LogP) is 6.94. The van der Waals surface area contributed by atoms with Crippen molar-refractivity contribution in [3.63, 3.8) is 0 Å². The molecule has 0 radical (unpaired) electrons. The van der Waals surface area contributed by atoms with Crippen LogP contribution in [0.15, 0.2) is 54.7 Å². The van der Waals surface area contributed by atoms with Gasteiger partial charge < -0.3 is 5.32 Å². The summed E-state index contributed by atoms with van der Waals surface area (Å²) in [5.74, 6) is -0.485. The Balaban J connectivity index is 1.40. The highest BCUT2D eigenvalue weighted by molar-refractivity contribution is 5.92.